The van der Waals surface area contributed by atoms with Crippen LogP contribution in [0.2, 0.25) is 0 Å². The molecule has 118 valence electrons. The summed E-state index contributed by atoms with van der Waals surface area (Å²) in [6.45, 7) is 9.58. The summed E-state index contributed by atoms with van der Waals surface area (Å²) in [6.07, 6.45) is 0.853. The number of ether oxygens (including phenoxy) is 1. The minimum Gasteiger partial charge on any atom is -0.388 e. The molecule has 0 unspecified atom stereocenters. The van der Waals surface area contributed by atoms with E-state index >= 15 is 0 Å². The lowest BCUT2D eigenvalue weighted by Gasteiger charge is -2.58. The minimum atomic E-state index is -0.698. The largest absolute Gasteiger partial charge is 0.388 e. The Morgan fingerprint density at radius 2 is 2.00 bits per heavy atom. The van der Waals surface area contributed by atoms with Crippen molar-refractivity contribution in [3.05, 3.63) is 34.3 Å². The van der Waals surface area contributed by atoms with Gasteiger partial charge in [0.15, 0.2) is 0 Å². The molecule has 2 N–H and O–H groups in total. The number of hydrogen-bond donors (Lipinski definition) is 2. The van der Waals surface area contributed by atoms with Crippen molar-refractivity contribution in [1.82, 2.24) is 5.32 Å². The topological polar surface area (TPSA) is 41.5 Å². The summed E-state index contributed by atoms with van der Waals surface area (Å²) >= 11 is 3.45. The number of hydrogen-bond acceptors (Lipinski definition) is 3. The Kier molecular flexibility index (Phi) is 5.14. The highest BCUT2D eigenvalue weighted by atomic mass is 79.9. The van der Waals surface area contributed by atoms with Crippen molar-refractivity contribution in [3.8, 4) is 0 Å². The second-order valence-electron chi connectivity index (χ2n) is 6.56. The Morgan fingerprint density at radius 1 is 1.38 bits per heavy atom. The molecule has 0 spiro atoms. The summed E-state index contributed by atoms with van der Waals surface area (Å²) in [5.41, 5.74) is 0.312. The second-order valence-corrected chi connectivity index (χ2v) is 7.47. The quantitative estimate of drug-likeness (QED) is 0.817. The van der Waals surface area contributed by atoms with Gasteiger partial charge in [0.1, 0.15) is 0 Å². The van der Waals surface area contributed by atoms with Crippen LogP contribution in [0, 0.1) is 5.41 Å². The number of rotatable bonds is 6. The monoisotopic (exact) mass is 355 g/mol. The van der Waals surface area contributed by atoms with E-state index in [1.165, 1.54) is 5.56 Å². The summed E-state index contributed by atoms with van der Waals surface area (Å²) < 4.78 is 6.78. The maximum absolute atomic E-state index is 10.8. The molecule has 1 aromatic carbocycles. The van der Waals surface area contributed by atoms with Crippen LogP contribution in [0.1, 0.15) is 45.7 Å². The smallest absolute Gasteiger partial charge is 0.0871 e. The van der Waals surface area contributed by atoms with Gasteiger partial charge in [-0.3, -0.25) is 0 Å². The van der Waals surface area contributed by atoms with Crippen molar-refractivity contribution < 1.29 is 9.84 Å². The standard InChI is InChI=1S/C17H26BrNO2/c1-5-21-15-10-17(20,16(15,3)4)11-19-12(2)13-6-8-14(18)9-7-13/h6-9,12,15,19-20H,5,10-11H2,1-4H3/t12-,15+,17-/m0/s1. The lowest BCUT2D eigenvalue weighted by Crippen LogP contribution is -2.68. The average Bonchev–Trinajstić information content (AvgIpc) is 2.45. The van der Waals surface area contributed by atoms with E-state index in [1.807, 2.05) is 19.1 Å². The van der Waals surface area contributed by atoms with Gasteiger partial charge in [0.2, 0.25) is 0 Å². The van der Waals surface area contributed by atoms with E-state index in [0.717, 1.165) is 4.47 Å². The predicted molar refractivity (Wildman–Crippen MR) is 89.3 cm³/mol. The molecule has 4 heteroatoms. The Bertz CT molecular complexity index is 474. The molecule has 3 nitrogen and oxygen atoms in total. The molecule has 3 atom stereocenters. The lowest BCUT2D eigenvalue weighted by molar-refractivity contribution is -0.238. The Morgan fingerprint density at radius 3 is 2.52 bits per heavy atom. The van der Waals surface area contributed by atoms with Gasteiger partial charge in [0.25, 0.3) is 0 Å². The van der Waals surface area contributed by atoms with Gasteiger partial charge in [-0.2, -0.15) is 0 Å². The van der Waals surface area contributed by atoms with Crippen LogP contribution in [0.4, 0.5) is 0 Å². The van der Waals surface area contributed by atoms with Gasteiger partial charge < -0.3 is 15.2 Å². The minimum absolute atomic E-state index is 0.150. The first-order valence-corrected chi connectivity index (χ1v) is 8.42. The molecule has 0 aromatic heterocycles. The number of halogens is 1. The van der Waals surface area contributed by atoms with Gasteiger partial charge in [-0.25, -0.2) is 0 Å². The van der Waals surface area contributed by atoms with Crippen LogP contribution in [-0.4, -0.2) is 30.0 Å². The van der Waals surface area contributed by atoms with Gasteiger partial charge in [0, 0.05) is 35.5 Å². The molecule has 0 amide bonds. The molecular formula is C17H26BrNO2. The van der Waals surface area contributed by atoms with Gasteiger partial charge in [-0.15, -0.1) is 0 Å². The zero-order valence-corrected chi connectivity index (χ0v) is 14.9. The molecule has 1 aliphatic carbocycles. The van der Waals surface area contributed by atoms with E-state index in [0.29, 0.717) is 19.6 Å². The van der Waals surface area contributed by atoms with Gasteiger partial charge >= 0.3 is 0 Å². The van der Waals surface area contributed by atoms with Crippen LogP contribution in [0.5, 0.6) is 0 Å². The van der Waals surface area contributed by atoms with E-state index < -0.39 is 5.60 Å². The van der Waals surface area contributed by atoms with Crippen LogP contribution in [-0.2, 0) is 4.74 Å². The fraction of sp³-hybridized carbons (Fsp3) is 0.647. The van der Waals surface area contributed by atoms with Crippen molar-refractivity contribution in [2.24, 2.45) is 5.41 Å². The molecule has 0 radical (unpaired) electrons. The van der Waals surface area contributed by atoms with Crippen LogP contribution in [0.25, 0.3) is 0 Å². The highest BCUT2D eigenvalue weighted by molar-refractivity contribution is 9.10. The first-order chi connectivity index (χ1) is 9.80. The molecule has 1 saturated carbocycles. The summed E-state index contributed by atoms with van der Waals surface area (Å²) in [7, 11) is 0. The summed E-state index contributed by atoms with van der Waals surface area (Å²) in [5.74, 6) is 0. The van der Waals surface area contributed by atoms with E-state index in [4.69, 9.17) is 4.74 Å². The number of benzene rings is 1. The second kappa shape index (κ2) is 6.37. The Labute approximate surface area is 136 Å². The molecule has 0 saturated heterocycles. The van der Waals surface area contributed by atoms with Gasteiger partial charge in [-0.05, 0) is 31.5 Å². The highest BCUT2D eigenvalue weighted by Crippen LogP contribution is 2.51. The molecule has 1 aromatic rings. The van der Waals surface area contributed by atoms with E-state index in [2.05, 4.69) is 54.2 Å². The van der Waals surface area contributed by atoms with E-state index in [1.54, 1.807) is 0 Å². The maximum Gasteiger partial charge on any atom is 0.0871 e. The first kappa shape index (κ1) is 16.9. The van der Waals surface area contributed by atoms with Crippen molar-refractivity contribution in [2.45, 2.75) is 51.9 Å². The van der Waals surface area contributed by atoms with Crippen molar-refractivity contribution in [2.75, 3.05) is 13.2 Å². The van der Waals surface area contributed by atoms with Crippen LogP contribution < -0.4 is 5.32 Å². The average molecular weight is 356 g/mol. The highest BCUT2D eigenvalue weighted by Gasteiger charge is 2.59. The third-order valence-corrected chi connectivity index (χ3v) is 5.49. The first-order valence-electron chi connectivity index (χ1n) is 7.63. The van der Waals surface area contributed by atoms with Crippen molar-refractivity contribution in [3.63, 3.8) is 0 Å². The Balaban J connectivity index is 1.92. The molecule has 0 heterocycles. The zero-order valence-electron chi connectivity index (χ0n) is 13.3. The third kappa shape index (κ3) is 3.34. The molecule has 1 fully saturated rings. The molecule has 21 heavy (non-hydrogen) atoms. The fourth-order valence-corrected chi connectivity index (χ4v) is 3.22. The van der Waals surface area contributed by atoms with Gasteiger partial charge in [-0.1, -0.05) is 41.9 Å². The fourth-order valence-electron chi connectivity index (χ4n) is 2.95. The third-order valence-electron chi connectivity index (χ3n) is 4.97. The Hall–Kier alpha value is -0.420. The molecule has 0 bridgehead atoms. The van der Waals surface area contributed by atoms with Crippen LogP contribution in [0.15, 0.2) is 28.7 Å². The van der Waals surface area contributed by atoms with E-state index in [9.17, 15) is 5.11 Å². The summed E-state index contributed by atoms with van der Waals surface area (Å²) in [4.78, 5) is 0. The molecule has 2 rings (SSSR count). The molecule has 1 aliphatic rings. The molecule has 0 aliphatic heterocycles. The zero-order chi connectivity index (χ0) is 15.7. The summed E-state index contributed by atoms with van der Waals surface area (Å²) in [5, 5.41) is 14.3. The van der Waals surface area contributed by atoms with Crippen molar-refractivity contribution in [1.29, 1.82) is 0 Å². The lowest BCUT2D eigenvalue weighted by atomic mass is 9.56. The van der Waals surface area contributed by atoms with Crippen molar-refractivity contribution >= 4 is 15.9 Å². The number of nitrogens with one attached hydrogen (secondary N) is 1. The van der Waals surface area contributed by atoms with Crippen LogP contribution >= 0.6 is 15.9 Å². The summed E-state index contributed by atoms with van der Waals surface area (Å²) in [6, 6.07) is 8.49. The predicted octanol–water partition coefficient (Wildman–Crippen LogP) is 3.67. The SMILES string of the molecule is CCO[C@@H]1C[C@](O)(CN[C@@H](C)c2ccc(Br)cc2)C1(C)C. The van der Waals surface area contributed by atoms with Crippen LogP contribution in [0.3, 0.4) is 0 Å². The molecular weight excluding hydrogens is 330 g/mol. The van der Waals surface area contributed by atoms with E-state index in [-0.39, 0.29) is 17.6 Å². The normalized spacial score (nSPS) is 29.0. The number of aliphatic hydroxyl groups is 1. The maximum atomic E-state index is 10.8. The van der Waals surface area contributed by atoms with Gasteiger partial charge in [0.05, 0.1) is 11.7 Å².